The summed E-state index contributed by atoms with van der Waals surface area (Å²) in [6.07, 6.45) is -4.37. The fraction of sp³-hybridized carbons (Fsp3) is 0.417. The number of esters is 1. The first-order chi connectivity index (χ1) is 8.86. The number of hydrogen-bond acceptors (Lipinski definition) is 4. The molecule has 0 heterocycles. The molecule has 0 radical (unpaired) electrons. The van der Waals surface area contributed by atoms with Crippen molar-refractivity contribution in [3.8, 4) is 0 Å². The van der Waals surface area contributed by atoms with Crippen LogP contribution in [-0.2, 0) is 21.5 Å². The van der Waals surface area contributed by atoms with E-state index in [1.54, 1.807) is 6.07 Å². The molecule has 0 saturated heterocycles. The number of carbonyl (C=O) groups is 1. The second-order valence-electron chi connectivity index (χ2n) is 3.80. The molecule has 1 aromatic carbocycles. The lowest BCUT2D eigenvalue weighted by Crippen LogP contribution is -2.33. The molecule has 2 N–H and O–H groups in total. The molecule has 0 aliphatic carbocycles. The Morgan fingerprint density at radius 1 is 1.42 bits per heavy atom. The molecule has 1 unspecified atom stereocenters. The Labute approximate surface area is 113 Å². The normalized spacial score (nSPS) is 13.1. The van der Waals surface area contributed by atoms with E-state index in [0.29, 0.717) is 0 Å². The number of rotatable bonds is 5. The summed E-state index contributed by atoms with van der Waals surface area (Å²) in [7, 11) is 1.21. The van der Waals surface area contributed by atoms with Crippen LogP contribution >= 0.6 is 11.8 Å². The van der Waals surface area contributed by atoms with E-state index >= 15 is 0 Å². The van der Waals surface area contributed by atoms with Crippen LogP contribution in [-0.4, -0.2) is 24.9 Å². The van der Waals surface area contributed by atoms with Gasteiger partial charge in [-0.1, -0.05) is 18.2 Å². The summed E-state index contributed by atoms with van der Waals surface area (Å²) in [5, 5.41) is 0. The molecule has 0 bridgehead atoms. The van der Waals surface area contributed by atoms with Crippen LogP contribution in [0.15, 0.2) is 24.3 Å². The fourth-order valence-corrected chi connectivity index (χ4v) is 2.42. The topological polar surface area (TPSA) is 52.3 Å². The third-order valence-electron chi connectivity index (χ3n) is 2.38. The van der Waals surface area contributed by atoms with Crippen molar-refractivity contribution in [2.45, 2.75) is 18.0 Å². The summed E-state index contributed by atoms with van der Waals surface area (Å²) in [5.74, 6) is -0.226. The van der Waals surface area contributed by atoms with Gasteiger partial charge in [0, 0.05) is 11.5 Å². The number of ether oxygens (including phenoxy) is 1. The van der Waals surface area contributed by atoms with Gasteiger partial charge in [-0.2, -0.15) is 24.9 Å². The third-order valence-corrected chi connectivity index (χ3v) is 3.49. The molecule has 0 aromatic heterocycles. The Balaban J connectivity index is 2.62. The zero-order valence-corrected chi connectivity index (χ0v) is 11.1. The molecule has 0 fully saturated rings. The van der Waals surface area contributed by atoms with Crippen LogP contribution in [0.1, 0.15) is 11.1 Å². The average molecular weight is 293 g/mol. The predicted octanol–water partition coefficient (Wildman–Crippen LogP) is 2.44. The van der Waals surface area contributed by atoms with E-state index < -0.39 is 23.8 Å². The van der Waals surface area contributed by atoms with Crippen molar-refractivity contribution in [3.05, 3.63) is 35.4 Å². The van der Waals surface area contributed by atoms with Gasteiger partial charge in [-0.05, 0) is 11.6 Å². The Morgan fingerprint density at radius 2 is 2.05 bits per heavy atom. The van der Waals surface area contributed by atoms with Crippen molar-refractivity contribution >= 4 is 17.7 Å². The SMILES string of the molecule is COC(=O)C(N)CSCc1ccccc1C(F)(F)F. The van der Waals surface area contributed by atoms with Gasteiger partial charge in [0.25, 0.3) is 0 Å². The first-order valence-corrected chi connectivity index (χ1v) is 6.58. The summed E-state index contributed by atoms with van der Waals surface area (Å²) >= 11 is 1.16. The molecule has 0 aliphatic rings. The lowest BCUT2D eigenvalue weighted by molar-refractivity contribution is -0.141. The number of halogens is 3. The molecule has 3 nitrogen and oxygen atoms in total. The quantitative estimate of drug-likeness (QED) is 0.847. The van der Waals surface area contributed by atoms with E-state index in [4.69, 9.17) is 5.73 Å². The Bertz CT molecular complexity index is 437. The number of carbonyl (C=O) groups excluding carboxylic acids is 1. The summed E-state index contributed by atoms with van der Waals surface area (Å²) in [4.78, 5) is 11.0. The zero-order valence-electron chi connectivity index (χ0n) is 10.2. The van der Waals surface area contributed by atoms with Crippen molar-refractivity contribution in [3.63, 3.8) is 0 Å². The second-order valence-corrected chi connectivity index (χ2v) is 4.83. The Hall–Kier alpha value is -1.21. The van der Waals surface area contributed by atoms with E-state index in [2.05, 4.69) is 4.74 Å². The maximum Gasteiger partial charge on any atom is 0.416 e. The minimum atomic E-state index is -4.37. The second kappa shape index (κ2) is 6.81. The van der Waals surface area contributed by atoms with Gasteiger partial charge in [0.15, 0.2) is 0 Å². The van der Waals surface area contributed by atoms with Crippen LogP contribution in [0.5, 0.6) is 0 Å². The number of thioether (sulfide) groups is 1. The molecule has 7 heteroatoms. The van der Waals surface area contributed by atoms with Crippen LogP contribution < -0.4 is 5.73 Å². The summed E-state index contributed by atoms with van der Waals surface area (Å²) in [6.45, 7) is 0. The lowest BCUT2D eigenvalue weighted by atomic mass is 10.1. The minimum Gasteiger partial charge on any atom is -0.468 e. The van der Waals surface area contributed by atoms with E-state index in [9.17, 15) is 18.0 Å². The number of alkyl halides is 3. The number of hydrogen-bond donors (Lipinski definition) is 1. The molecule has 0 aliphatic heterocycles. The van der Waals surface area contributed by atoms with Crippen molar-refractivity contribution < 1.29 is 22.7 Å². The van der Waals surface area contributed by atoms with Gasteiger partial charge in [0.05, 0.1) is 12.7 Å². The molecule has 0 spiro atoms. The molecule has 19 heavy (non-hydrogen) atoms. The predicted molar refractivity (Wildman–Crippen MR) is 67.6 cm³/mol. The van der Waals surface area contributed by atoms with Crippen molar-refractivity contribution in [1.82, 2.24) is 0 Å². The largest absolute Gasteiger partial charge is 0.468 e. The molecule has 1 rings (SSSR count). The van der Waals surface area contributed by atoms with Gasteiger partial charge < -0.3 is 10.5 Å². The molecule has 106 valence electrons. The third kappa shape index (κ3) is 4.76. The van der Waals surface area contributed by atoms with Gasteiger partial charge in [-0.25, -0.2) is 0 Å². The monoisotopic (exact) mass is 293 g/mol. The maximum absolute atomic E-state index is 12.7. The van der Waals surface area contributed by atoms with Gasteiger partial charge in [-0.15, -0.1) is 0 Å². The van der Waals surface area contributed by atoms with Gasteiger partial charge in [-0.3, -0.25) is 4.79 Å². The number of methoxy groups -OCH3 is 1. The highest BCUT2D eigenvalue weighted by molar-refractivity contribution is 7.98. The zero-order chi connectivity index (χ0) is 14.5. The van der Waals surface area contributed by atoms with E-state index in [-0.39, 0.29) is 17.1 Å². The van der Waals surface area contributed by atoms with Crippen LogP contribution in [0.2, 0.25) is 0 Å². The molecular formula is C12H14F3NO2S. The van der Waals surface area contributed by atoms with Crippen molar-refractivity contribution in [2.24, 2.45) is 5.73 Å². The standard InChI is InChI=1S/C12H14F3NO2S/c1-18-11(17)10(16)7-19-6-8-4-2-3-5-9(8)12(13,14)15/h2-5,10H,6-7,16H2,1H3. The Kier molecular flexibility index (Phi) is 5.68. The molecule has 0 saturated carbocycles. The van der Waals surface area contributed by atoms with Gasteiger partial charge in [0.1, 0.15) is 6.04 Å². The van der Waals surface area contributed by atoms with E-state index in [1.807, 2.05) is 0 Å². The van der Waals surface area contributed by atoms with E-state index in [1.165, 1.54) is 19.2 Å². The summed E-state index contributed by atoms with van der Waals surface area (Å²) < 4.78 is 42.6. The van der Waals surface area contributed by atoms with Gasteiger partial charge in [0.2, 0.25) is 0 Å². The van der Waals surface area contributed by atoms with Crippen LogP contribution in [0.3, 0.4) is 0 Å². The highest BCUT2D eigenvalue weighted by Gasteiger charge is 2.32. The number of nitrogens with two attached hydrogens (primary N) is 1. The maximum atomic E-state index is 12.7. The van der Waals surface area contributed by atoms with Crippen LogP contribution in [0.4, 0.5) is 13.2 Å². The van der Waals surface area contributed by atoms with E-state index in [0.717, 1.165) is 17.8 Å². The highest BCUT2D eigenvalue weighted by atomic mass is 32.2. The average Bonchev–Trinajstić information content (AvgIpc) is 2.37. The summed E-state index contributed by atoms with van der Waals surface area (Å²) in [5.41, 5.74) is 5.02. The van der Waals surface area contributed by atoms with Crippen molar-refractivity contribution in [1.29, 1.82) is 0 Å². The minimum absolute atomic E-state index is 0.139. The van der Waals surface area contributed by atoms with Crippen LogP contribution in [0.25, 0.3) is 0 Å². The summed E-state index contributed by atoms with van der Waals surface area (Å²) in [6, 6.07) is 4.52. The highest BCUT2D eigenvalue weighted by Crippen LogP contribution is 2.33. The molecule has 1 atom stereocenters. The fourth-order valence-electron chi connectivity index (χ4n) is 1.44. The molecular weight excluding hydrogens is 279 g/mol. The first-order valence-electron chi connectivity index (χ1n) is 5.42. The number of benzene rings is 1. The smallest absolute Gasteiger partial charge is 0.416 e. The molecule has 1 aromatic rings. The van der Waals surface area contributed by atoms with Crippen LogP contribution in [0, 0.1) is 0 Å². The first kappa shape index (κ1) is 15.8. The van der Waals surface area contributed by atoms with Gasteiger partial charge >= 0.3 is 12.1 Å². The molecule has 0 amide bonds. The van der Waals surface area contributed by atoms with Crippen molar-refractivity contribution in [2.75, 3.05) is 12.9 Å². The lowest BCUT2D eigenvalue weighted by Gasteiger charge is -2.13. The Morgan fingerprint density at radius 3 is 2.63 bits per heavy atom.